The van der Waals surface area contributed by atoms with E-state index in [4.69, 9.17) is 0 Å². The highest BCUT2D eigenvalue weighted by Crippen LogP contribution is 2.18. The first-order valence-corrected chi connectivity index (χ1v) is 5.67. The molecule has 0 spiro atoms. The molecule has 0 heterocycles. The highest BCUT2D eigenvalue weighted by atomic mass is 16.2. The van der Waals surface area contributed by atoms with Gasteiger partial charge >= 0.3 is 0 Å². The fourth-order valence-corrected chi connectivity index (χ4v) is 1.53. The number of imide groups is 1. The van der Waals surface area contributed by atoms with Gasteiger partial charge in [-0.3, -0.25) is 19.3 Å². The molecule has 0 fully saturated rings. The van der Waals surface area contributed by atoms with Crippen molar-refractivity contribution in [1.29, 1.82) is 0 Å². The largest absolute Gasteiger partial charge is 0.326 e. The summed E-state index contributed by atoms with van der Waals surface area (Å²) in [5.74, 6) is -0.765. The van der Waals surface area contributed by atoms with Gasteiger partial charge < -0.3 is 5.32 Å². The number of hydrogen-bond donors (Lipinski definition) is 1. The zero-order chi connectivity index (χ0) is 13.7. The van der Waals surface area contributed by atoms with E-state index in [2.05, 4.69) is 5.32 Å². The Morgan fingerprint density at radius 1 is 1.06 bits per heavy atom. The van der Waals surface area contributed by atoms with E-state index in [-0.39, 0.29) is 17.7 Å². The standard InChI is InChI=1S/C13H16N2O3/c1-4-13(18)14-11-5-7-12(8-6-11)15(9(2)16)10(3)17/h5-8H,4H2,1-3H3,(H,14,18). The molecule has 0 unspecified atom stereocenters. The van der Waals surface area contributed by atoms with Crippen molar-refractivity contribution in [2.45, 2.75) is 27.2 Å². The van der Waals surface area contributed by atoms with Gasteiger partial charge in [-0.15, -0.1) is 0 Å². The zero-order valence-corrected chi connectivity index (χ0v) is 10.7. The van der Waals surface area contributed by atoms with Crippen molar-refractivity contribution >= 4 is 29.1 Å². The molecule has 0 aliphatic carbocycles. The molecule has 5 heteroatoms. The number of nitrogens with zero attached hydrogens (tertiary/aromatic N) is 1. The molecule has 0 atom stereocenters. The van der Waals surface area contributed by atoms with E-state index in [0.717, 1.165) is 4.90 Å². The fourth-order valence-electron chi connectivity index (χ4n) is 1.53. The van der Waals surface area contributed by atoms with Gasteiger partial charge in [-0.25, -0.2) is 0 Å². The van der Waals surface area contributed by atoms with Crippen LogP contribution >= 0.6 is 0 Å². The summed E-state index contributed by atoms with van der Waals surface area (Å²) in [7, 11) is 0. The van der Waals surface area contributed by atoms with Crippen LogP contribution in [0.15, 0.2) is 24.3 Å². The van der Waals surface area contributed by atoms with Gasteiger partial charge in [0.05, 0.1) is 5.69 Å². The Morgan fingerprint density at radius 3 is 1.94 bits per heavy atom. The molecular formula is C13H16N2O3. The van der Waals surface area contributed by atoms with Gasteiger partial charge in [-0.1, -0.05) is 6.92 Å². The first kappa shape index (κ1) is 13.9. The van der Waals surface area contributed by atoms with Crippen LogP contribution in [-0.4, -0.2) is 17.7 Å². The predicted molar refractivity (Wildman–Crippen MR) is 69.2 cm³/mol. The second-order valence-corrected chi connectivity index (χ2v) is 3.82. The van der Waals surface area contributed by atoms with Gasteiger partial charge in [0.25, 0.3) is 0 Å². The normalized spacial score (nSPS) is 9.72. The summed E-state index contributed by atoms with van der Waals surface area (Å²) in [6.45, 7) is 4.42. The molecule has 1 rings (SSSR count). The van der Waals surface area contributed by atoms with E-state index >= 15 is 0 Å². The van der Waals surface area contributed by atoms with E-state index in [0.29, 0.717) is 17.8 Å². The van der Waals surface area contributed by atoms with E-state index in [1.54, 1.807) is 31.2 Å². The molecule has 1 aromatic rings. The van der Waals surface area contributed by atoms with Crippen LogP contribution < -0.4 is 10.2 Å². The molecule has 3 amide bonds. The Hall–Kier alpha value is -2.17. The number of carbonyl (C=O) groups excluding carboxylic acids is 3. The lowest BCUT2D eigenvalue weighted by Gasteiger charge is -2.17. The Morgan fingerprint density at radius 2 is 1.56 bits per heavy atom. The lowest BCUT2D eigenvalue weighted by Crippen LogP contribution is -2.32. The van der Waals surface area contributed by atoms with Crippen molar-refractivity contribution in [2.75, 3.05) is 10.2 Å². The minimum Gasteiger partial charge on any atom is -0.326 e. The molecule has 0 saturated heterocycles. The number of nitrogens with one attached hydrogen (secondary N) is 1. The predicted octanol–water partition coefficient (Wildman–Crippen LogP) is 1.93. The van der Waals surface area contributed by atoms with Crippen LogP contribution in [0.1, 0.15) is 27.2 Å². The molecule has 0 bridgehead atoms. The molecule has 5 nitrogen and oxygen atoms in total. The summed E-state index contributed by atoms with van der Waals surface area (Å²) in [6.07, 6.45) is 0.398. The number of rotatable bonds is 3. The van der Waals surface area contributed by atoms with Crippen LogP contribution in [0, 0.1) is 0 Å². The second kappa shape index (κ2) is 5.95. The highest BCUT2D eigenvalue weighted by molar-refractivity contribution is 6.13. The van der Waals surface area contributed by atoms with Crippen molar-refractivity contribution < 1.29 is 14.4 Å². The summed E-state index contributed by atoms with van der Waals surface area (Å²) in [4.78, 5) is 34.9. The molecule has 0 aliphatic rings. The zero-order valence-electron chi connectivity index (χ0n) is 10.7. The lowest BCUT2D eigenvalue weighted by atomic mass is 10.2. The van der Waals surface area contributed by atoms with Crippen LogP contribution in [0.4, 0.5) is 11.4 Å². The first-order valence-electron chi connectivity index (χ1n) is 5.67. The molecule has 1 aromatic carbocycles. The third-order valence-electron chi connectivity index (χ3n) is 2.36. The second-order valence-electron chi connectivity index (χ2n) is 3.82. The van der Waals surface area contributed by atoms with E-state index in [1.807, 2.05) is 0 Å². The van der Waals surface area contributed by atoms with Gasteiger partial charge in [0.1, 0.15) is 0 Å². The average molecular weight is 248 g/mol. The van der Waals surface area contributed by atoms with Gasteiger partial charge in [-0.2, -0.15) is 0 Å². The van der Waals surface area contributed by atoms with E-state index < -0.39 is 0 Å². The van der Waals surface area contributed by atoms with Crippen molar-refractivity contribution in [3.05, 3.63) is 24.3 Å². The van der Waals surface area contributed by atoms with Gasteiger partial charge in [0.15, 0.2) is 0 Å². The number of amides is 3. The quantitative estimate of drug-likeness (QED) is 0.888. The minimum absolute atomic E-state index is 0.0854. The van der Waals surface area contributed by atoms with Crippen LogP contribution in [0.3, 0.4) is 0 Å². The van der Waals surface area contributed by atoms with Gasteiger partial charge in [0.2, 0.25) is 17.7 Å². The van der Waals surface area contributed by atoms with Crippen molar-refractivity contribution in [3.63, 3.8) is 0 Å². The molecule has 18 heavy (non-hydrogen) atoms. The molecule has 0 radical (unpaired) electrons. The lowest BCUT2D eigenvalue weighted by molar-refractivity contribution is -0.124. The smallest absolute Gasteiger partial charge is 0.230 e. The molecule has 0 aromatic heterocycles. The fraction of sp³-hybridized carbons (Fsp3) is 0.308. The Labute approximate surface area is 106 Å². The van der Waals surface area contributed by atoms with Gasteiger partial charge in [-0.05, 0) is 24.3 Å². The Kier molecular flexibility index (Phi) is 4.59. The van der Waals surface area contributed by atoms with Crippen molar-refractivity contribution in [1.82, 2.24) is 0 Å². The summed E-state index contributed by atoms with van der Waals surface area (Å²) >= 11 is 0. The number of benzene rings is 1. The monoisotopic (exact) mass is 248 g/mol. The molecular weight excluding hydrogens is 232 g/mol. The SMILES string of the molecule is CCC(=O)Nc1ccc(N(C(C)=O)C(C)=O)cc1. The molecule has 0 saturated carbocycles. The molecule has 0 aliphatic heterocycles. The van der Waals surface area contributed by atoms with E-state index in [9.17, 15) is 14.4 Å². The van der Waals surface area contributed by atoms with Crippen molar-refractivity contribution in [2.24, 2.45) is 0 Å². The maximum absolute atomic E-state index is 11.3. The van der Waals surface area contributed by atoms with Crippen LogP contribution in [-0.2, 0) is 14.4 Å². The third kappa shape index (κ3) is 3.41. The van der Waals surface area contributed by atoms with E-state index in [1.165, 1.54) is 13.8 Å². The number of carbonyl (C=O) groups is 3. The van der Waals surface area contributed by atoms with Crippen LogP contribution in [0.25, 0.3) is 0 Å². The Balaban J connectivity index is 2.90. The first-order chi connectivity index (χ1) is 8.45. The van der Waals surface area contributed by atoms with Crippen molar-refractivity contribution in [3.8, 4) is 0 Å². The highest BCUT2D eigenvalue weighted by Gasteiger charge is 2.15. The summed E-state index contributed by atoms with van der Waals surface area (Å²) in [5.41, 5.74) is 1.13. The van der Waals surface area contributed by atoms with Crippen LogP contribution in [0.5, 0.6) is 0 Å². The van der Waals surface area contributed by atoms with Gasteiger partial charge in [0, 0.05) is 26.0 Å². The third-order valence-corrected chi connectivity index (χ3v) is 2.36. The summed E-state index contributed by atoms with van der Waals surface area (Å²) in [6, 6.07) is 6.55. The maximum atomic E-state index is 11.3. The number of anilines is 2. The van der Waals surface area contributed by atoms with Crippen LogP contribution in [0.2, 0.25) is 0 Å². The Bertz CT molecular complexity index is 452. The minimum atomic E-state index is -0.340. The molecule has 96 valence electrons. The molecule has 1 N–H and O–H groups in total. The number of hydrogen-bond acceptors (Lipinski definition) is 3. The average Bonchev–Trinajstić information content (AvgIpc) is 2.30. The maximum Gasteiger partial charge on any atom is 0.230 e. The summed E-state index contributed by atoms with van der Waals surface area (Å²) in [5, 5.41) is 2.69. The summed E-state index contributed by atoms with van der Waals surface area (Å²) < 4.78 is 0. The topological polar surface area (TPSA) is 66.5 Å².